The predicted molar refractivity (Wildman–Crippen MR) is 54.9 cm³/mol. The summed E-state index contributed by atoms with van der Waals surface area (Å²) in [6.07, 6.45) is 0.119. The number of carboxylic acid groups (broad SMARTS) is 1. The summed E-state index contributed by atoms with van der Waals surface area (Å²) < 4.78 is 0. The molecule has 0 spiro atoms. The van der Waals surface area contributed by atoms with E-state index in [9.17, 15) is 9.59 Å². The molecule has 1 N–H and O–H groups in total. The molecule has 0 amide bonds. The second-order valence-electron chi connectivity index (χ2n) is 3.95. The molecule has 1 aliphatic rings. The largest absolute Gasteiger partial charge is 0.481 e. The standard InChI is InChI=1S/C12H12O3/c1-7-8-4-2-3-5-9(8)11(13)6-10(7)12(14)15/h2-5,7,10H,6H2,1H3,(H,14,15)/t7-,10+/m0/s1. The minimum atomic E-state index is -0.884. The number of hydrogen-bond acceptors (Lipinski definition) is 2. The van der Waals surface area contributed by atoms with Crippen molar-refractivity contribution in [3.05, 3.63) is 35.4 Å². The molecule has 1 aliphatic carbocycles. The third-order valence-corrected chi connectivity index (χ3v) is 3.08. The fraction of sp³-hybridized carbons (Fsp3) is 0.333. The molecule has 2 rings (SSSR count). The van der Waals surface area contributed by atoms with Crippen molar-refractivity contribution in [1.29, 1.82) is 0 Å². The van der Waals surface area contributed by atoms with Gasteiger partial charge in [-0.1, -0.05) is 31.2 Å². The minimum absolute atomic E-state index is 0.0592. The average molecular weight is 204 g/mol. The summed E-state index contributed by atoms with van der Waals surface area (Å²) in [7, 11) is 0. The van der Waals surface area contributed by atoms with Crippen LogP contribution in [0.2, 0.25) is 0 Å². The Balaban J connectivity index is 2.48. The molecule has 1 aromatic rings. The van der Waals surface area contributed by atoms with Gasteiger partial charge in [0.15, 0.2) is 5.78 Å². The smallest absolute Gasteiger partial charge is 0.307 e. The molecule has 15 heavy (non-hydrogen) atoms. The SMILES string of the molecule is C[C@H]1c2ccccc2C(=O)C[C@H]1C(=O)O. The first kappa shape index (κ1) is 9.90. The fourth-order valence-corrected chi connectivity index (χ4v) is 2.15. The molecular weight excluding hydrogens is 192 g/mol. The normalized spacial score (nSPS) is 24.7. The Morgan fingerprint density at radius 1 is 1.40 bits per heavy atom. The number of rotatable bonds is 1. The Bertz CT molecular complexity index is 423. The van der Waals surface area contributed by atoms with Crippen molar-refractivity contribution in [3.8, 4) is 0 Å². The molecule has 0 radical (unpaired) electrons. The number of fused-ring (bicyclic) bond motifs is 1. The fourth-order valence-electron chi connectivity index (χ4n) is 2.15. The van der Waals surface area contributed by atoms with E-state index in [0.29, 0.717) is 5.56 Å². The van der Waals surface area contributed by atoms with E-state index in [-0.39, 0.29) is 18.1 Å². The van der Waals surface area contributed by atoms with E-state index in [1.54, 1.807) is 6.07 Å². The van der Waals surface area contributed by atoms with E-state index in [1.165, 1.54) is 0 Å². The zero-order valence-electron chi connectivity index (χ0n) is 8.43. The van der Waals surface area contributed by atoms with Crippen molar-refractivity contribution in [1.82, 2.24) is 0 Å². The predicted octanol–water partition coefficient (Wildman–Crippen LogP) is 2.08. The van der Waals surface area contributed by atoms with Gasteiger partial charge in [-0.15, -0.1) is 0 Å². The van der Waals surface area contributed by atoms with Crippen LogP contribution < -0.4 is 0 Å². The molecule has 0 aromatic heterocycles. The van der Waals surface area contributed by atoms with Gasteiger partial charge < -0.3 is 5.11 Å². The van der Waals surface area contributed by atoms with Crippen molar-refractivity contribution >= 4 is 11.8 Å². The number of aliphatic carboxylic acids is 1. The van der Waals surface area contributed by atoms with Crippen molar-refractivity contribution in [2.75, 3.05) is 0 Å². The maximum Gasteiger partial charge on any atom is 0.307 e. The van der Waals surface area contributed by atoms with Crippen LogP contribution >= 0.6 is 0 Å². The lowest BCUT2D eigenvalue weighted by atomic mass is 9.75. The Hall–Kier alpha value is -1.64. The van der Waals surface area contributed by atoms with Gasteiger partial charge in [-0.2, -0.15) is 0 Å². The molecule has 3 nitrogen and oxygen atoms in total. The molecule has 0 unspecified atom stereocenters. The van der Waals surface area contributed by atoms with Crippen LogP contribution in [-0.2, 0) is 4.79 Å². The monoisotopic (exact) mass is 204 g/mol. The molecule has 0 bridgehead atoms. The number of hydrogen-bond donors (Lipinski definition) is 1. The van der Waals surface area contributed by atoms with Crippen LogP contribution in [0.3, 0.4) is 0 Å². The van der Waals surface area contributed by atoms with E-state index in [2.05, 4.69) is 0 Å². The van der Waals surface area contributed by atoms with Crippen LogP contribution in [0.1, 0.15) is 35.2 Å². The quantitative estimate of drug-likeness (QED) is 0.761. The lowest BCUT2D eigenvalue weighted by molar-refractivity contribution is -0.142. The van der Waals surface area contributed by atoms with E-state index in [0.717, 1.165) is 5.56 Å². The maximum absolute atomic E-state index is 11.7. The van der Waals surface area contributed by atoms with Gasteiger partial charge in [-0.3, -0.25) is 9.59 Å². The van der Waals surface area contributed by atoms with Crippen molar-refractivity contribution in [2.24, 2.45) is 5.92 Å². The van der Waals surface area contributed by atoms with Crippen molar-refractivity contribution in [2.45, 2.75) is 19.3 Å². The lowest BCUT2D eigenvalue weighted by Gasteiger charge is -2.27. The number of carbonyl (C=O) groups is 2. The van der Waals surface area contributed by atoms with Gasteiger partial charge >= 0.3 is 5.97 Å². The number of carboxylic acids is 1. The van der Waals surface area contributed by atoms with Crippen LogP contribution in [0.15, 0.2) is 24.3 Å². The molecule has 0 fully saturated rings. The Morgan fingerprint density at radius 3 is 2.73 bits per heavy atom. The van der Waals surface area contributed by atoms with Gasteiger partial charge in [0.1, 0.15) is 0 Å². The Labute approximate surface area is 87.7 Å². The zero-order valence-corrected chi connectivity index (χ0v) is 8.43. The third kappa shape index (κ3) is 1.54. The molecule has 0 saturated carbocycles. The molecule has 0 aliphatic heterocycles. The van der Waals surface area contributed by atoms with Crippen LogP contribution in [0.25, 0.3) is 0 Å². The highest BCUT2D eigenvalue weighted by Crippen LogP contribution is 2.35. The van der Waals surface area contributed by atoms with Gasteiger partial charge in [0.25, 0.3) is 0 Å². The molecule has 1 aromatic carbocycles. The Morgan fingerprint density at radius 2 is 2.07 bits per heavy atom. The van der Waals surface area contributed by atoms with Gasteiger partial charge in [0.05, 0.1) is 5.92 Å². The Kier molecular flexibility index (Phi) is 2.31. The van der Waals surface area contributed by atoms with Gasteiger partial charge in [-0.25, -0.2) is 0 Å². The number of Topliss-reactive ketones (excluding diaryl/α,β-unsaturated/α-hetero) is 1. The summed E-state index contributed by atoms with van der Waals surface area (Å²) in [5.74, 6) is -1.61. The summed E-state index contributed by atoms with van der Waals surface area (Å²) in [5.41, 5.74) is 1.55. The van der Waals surface area contributed by atoms with Crippen LogP contribution in [0.5, 0.6) is 0 Å². The number of carbonyl (C=O) groups excluding carboxylic acids is 1. The van der Waals surface area contributed by atoms with Crippen LogP contribution in [0.4, 0.5) is 0 Å². The average Bonchev–Trinajstić information content (AvgIpc) is 2.23. The highest BCUT2D eigenvalue weighted by Gasteiger charge is 2.35. The summed E-state index contributed by atoms with van der Waals surface area (Å²) >= 11 is 0. The highest BCUT2D eigenvalue weighted by molar-refractivity contribution is 6.01. The molecular formula is C12H12O3. The minimum Gasteiger partial charge on any atom is -0.481 e. The molecule has 78 valence electrons. The van der Waals surface area contributed by atoms with Gasteiger partial charge in [0.2, 0.25) is 0 Å². The second-order valence-corrected chi connectivity index (χ2v) is 3.95. The first-order valence-electron chi connectivity index (χ1n) is 4.96. The topological polar surface area (TPSA) is 54.4 Å². The lowest BCUT2D eigenvalue weighted by Crippen LogP contribution is -2.29. The van der Waals surface area contributed by atoms with Crippen LogP contribution in [0, 0.1) is 5.92 Å². The summed E-state index contributed by atoms with van der Waals surface area (Å²) in [6, 6.07) is 7.26. The van der Waals surface area contributed by atoms with Gasteiger partial charge in [0, 0.05) is 12.0 Å². The van der Waals surface area contributed by atoms with E-state index >= 15 is 0 Å². The summed E-state index contributed by atoms with van der Waals surface area (Å²) in [6.45, 7) is 1.87. The summed E-state index contributed by atoms with van der Waals surface area (Å²) in [5, 5.41) is 9.00. The van der Waals surface area contributed by atoms with Crippen molar-refractivity contribution < 1.29 is 14.7 Å². The summed E-state index contributed by atoms with van der Waals surface area (Å²) in [4.78, 5) is 22.7. The van der Waals surface area contributed by atoms with Gasteiger partial charge in [-0.05, 0) is 11.5 Å². The molecule has 2 atom stereocenters. The third-order valence-electron chi connectivity index (χ3n) is 3.08. The highest BCUT2D eigenvalue weighted by atomic mass is 16.4. The number of ketones is 1. The maximum atomic E-state index is 11.7. The van der Waals surface area contributed by atoms with Crippen LogP contribution in [-0.4, -0.2) is 16.9 Å². The molecule has 0 heterocycles. The van der Waals surface area contributed by atoms with Crippen molar-refractivity contribution in [3.63, 3.8) is 0 Å². The van der Waals surface area contributed by atoms with E-state index in [4.69, 9.17) is 5.11 Å². The van der Waals surface area contributed by atoms with E-state index < -0.39 is 11.9 Å². The number of benzene rings is 1. The molecule has 3 heteroatoms. The van der Waals surface area contributed by atoms with E-state index in [1.807, 2.05) is 25.1 Å². The first-order valence-corrected chi connectivity index (χ1v) is 4.96. The molecule has 0 saturated heterocycles. The first-order chi connectivity index (χ1) is 7.11. The zero-order chi connectivity index (χ0) is 11.0. The second kappa shape index (κ2) is 3.50.